The number of carbonyl (C=O) groups excluding carboxylic acids is 2. The van der Waals surface area contributed by atoms with Crippen LogP contribution >= 0.6 is 0 Å². The zero-order valence-corrected chi connectivity index (χ0v) is 13.1. The number of halogens is 2. The highest BCUT2D eigenvalue weighted by molar-refractivity contribution is 6.05. The van der Waals surface area contributed by atoms with E-state index in [1.54, 1.807) is 25.1 Å². The van der Waals surface area contributed by atoms with Crippen LogP contribution in [0.3, 0.4) is 0 Å². The predicted octanol–water partition coefficient (Wildman–Crippen LogP) is 3.26. The van der Waals surface area contributed by atoms with E-state index in [2.05, 4.69) is 15.4 Å². The molecule has 0 spiro atoms. The molecule has 0 saturated heterocycles. The molecule has 2 amide bonds. The Hall–Kier alpha value is -3.16. The number of benzene rings is 2. The van der Waals surface area contributed by atoms with Gasteiger partial charge in [-0.05, 0) is 49.4 Å². The molecular formula is C17H14F2N2O4. The number of anilines is 2. The van der Waals surface area contributed by atoms with Crippen LogP contribution in [-0.2, 0) is 4.79 Å². The molecule has 2 aromatic carbocycles. The van der Waals surface area contributed by atoms with Crippen molar-refractivity contribution in [2.24, 2.45) is 0 Å². The van der Waals surface area contributed by atoms with Gasteiger partial charge in [-0.3, -0.25) is 9.59 Å². The zero-order valence-electron chi connectivity index (χ0n) is 13.1. The van der Waals surface area contributed by atoms with Crippen molar-refractivity contribution in [2.45, 2.75) is 19.6 Å². The molecule has 0 radical (unpaired) electrons. The smallest absolute Gasteiger partial charge is 0.387 e. The first-order valence-corrected chi connectivity index (χ1v) is 7.40. The Morgan fingerprint density at radius 2 is 1.96 bits per heavy atom. The standard InChI is InChI=1S/C17H14F2N2O4/c1-9-15(22)21-13-8-11(4-7-14(13)24-9)20-16(23)10-2-5-12(6-3-10)25-17(18)19/h2-9,17H,1H3,(H,20,23)(H,21,22). The molecule has 1 heterocycles. The van der Waals surface area contributed by atoms with E-state index in [4.69, 9.17) is 4.74 Å². The molecule has 2 N–H and O–H groups in total. The quantitative estimate of drug-likeness (QED) is 0.889. The number of rotatable bonds is 4. The Balaban J connectivity index is 1.71. The van der Waals surface area contributed by atoms with Gasteiger partial charge in [0.25, 0.3) is 11.8 Å². The van der Waals surface area contributed by atoms with Crippen molar-refractivity contribution < 1.29 is 27.8 Å². The van der Waals surface area contributed by atoms with Crippen LogP contribution in [0.2, 0.25) is 0 Å². The van der Waals surface area contributed by atoms with Gasteiger partial charge in [-0.15, -0.1) is 0 Å². The minimum absolute atomic E-state index is 0.0330. The van der Waals surface area contributed by atoms with E-state index >= 15 is 0 Å². The molecule has 1 aliphatic rings. The fourth-order valence-corrected chi connectivity index (χ4v) is 2.28. The highest BCUT2D eigenvalue weighted by Crippen LogP contribution is 2.32. The van der Waals surface area contributed by atoms with Crippen molar-refractivity contribution >= 4 is 23.2 Å². The Morgan fingerprint density at radius 1 is 1.24 bits per heavy atom. The van der Waals surface area contributed by atoms with Crippen molar-refractivity contribution in [2.75, 3.05) is 10.6 Å². The lowest BCUT2D eigenvalue weighted by molar-refractivity contribution is -0.122. The molecule has 0 aliphatic carbocycles. The molecule has 6 nitrogen and oxygen atoms in total. The van der Waals surface area contributed by atoms with E-state index in [-0.39, 0.29) is 17.2 Å². The van der Waals surface area contributed by atoms with Crippen LogP contribution in [0.25, 0.3) is 0 Å². The number of hydrogen-bond acceptors (Lipinski definition) is 4. The van der Waals surface area contributed by atoms with Crippen molar-refractivity contribution in [1.29, 1.82) is 0 Å². The lowest BCUT2D eigenvalue weighted by Gasteiger charge is -2.23. The number of amides is 2. The summed E-state index contributed by atoms with van der Waals surface area (Å²) in [5.74, 6) is -0.224. The Bertz CT molecular complexity index is 809. The first kappa shape index (κ1) is 16.7. The summed E-state index contributed by atoms with van der Waals surface area (Å²) in [6.07, 6.45) is -0.582. The van der Waals surface area contributed by atoms with Crippen molar-refractivity contribution in [3.05, 3.63) is 48.0 Å². The molecule has 3 rings (SSSR count). The van der Waals surface area contributed by atoms with Crippen molar-refractivity contribution in [1.82, 2.24) is 0 Å². The van der Waals surface area contributed by atoms with Gasteiger partial charge in [0, 0.05) is 11.3 Å². The minimum Gasteiger partial charge on any atom is -0.479 e. The van der Waals surface area contributed by atoms with Crippen LogP contribution < -0.4 is 20.1 Å². The molecule has 0 aromatic heterocycles. The van der Waals surface area contributed by atoms with Crippen molar-refractivity contribution in [3.63, 3.8) is 0 Å². The average molecular weight is 348 g/mol. The third kappa shape index (κ3) is 3.85. The average Bonchev–Trinajstić information content (AvgIpc) is 2.56. The van der Waals surface area contributed by atoms with Gasteiger partial charge < -0.3 is 20.1 Å². The minimum atomic E-state index is -2.92. The van der Waals surface area contributed by atoms with Gasteiger partial charge in [-0.25, -0.2) is 0 Å². The summed E-state index contributed by atoms with van der Waals surface area (Å²) in [5, 5.41) is 5.35. The molecule has 1 aliphatic heterocycles. The molecule has 1 unspecified atom stereocenters. The SMILES string of the molecule is CC1Oc2ccc(NC(=O)c3ccc(OC(F)F)cc3)cc2NC1=O. The summed E-state index contributed by atoms with van der Waals surface area (Å²) in [6, 6.07) is 10.2. The number of alkyl halides is 2. The zero-order chi connectivity index (χ0) is 18.0. The number of ether oxygens (including phenoxy) is 2. The van der Waals surface area contributed by atoms with E-state index in [0.717, 1.165) is 0 Å². The van der Waals surface area contributed by atoms with E-state index in [1.165, 1.54) is 24.3 Å². The predicted molar refractivity (Wildman–Crippen MR) is 86.2 cm³/mol. The second-order valence-corrected chi connectivity index (χ2v) is 5.32. The van der Waals surface area contributed by atoms with Crippen LogP contribution in [-0.4, -0.2) is 24.5 Å². The number of nitrogens with one attached hydrogen (secondary N) is 2. The molecule has 1 atom stereocenters. The topological polar surface area (TPSA) is 76.7 Å². The summed E-state index contributed by atoms with van der Waals surface area (Å²) in [6.45, 7) is -1.29. The second kappa shape index (κ2) is 6.76. The van der Waals surface area contributed by atoms with Crippen LogP contribution in [0.4, 0.5) is 20.2 Å². The van der Waals surface area contributed by atoms with Gasteiger partial charge in [0.2, 0.25) is 0 Å². The Labute approximate surface area is 141 Å². The van der Waals surface area contributed by atoms with Gasteiger partial charge in [0.1, 0.15) is 11.5 Å². The molecule has 0 bridgehead atoms. The highest BCUT2D eigenvalue weighted by atomic mass is 19.3. The summed E-state index contributed by atoms with van der Waals surface area (Å²) in [5.41, 5.74) is 1.19. The van der Waals surface area contributed by atoms with Gasteiger partial charge in [0.15, 0.2) is 6.10 Å². The van der Waals surface area contributed by atoms with Crippen molar-refractivity contribution in [3.8, 4) is 11.5 Å². The van der Waals surface area contributed by atoms with Crippen LogP contribution in [0.15, 0.2) is 42.5 Å². The Morgan fingerprint density at radius 3 is 2.64 bits per heavy atom. The molecule has 2 aromatic rings. The third-order valence-electron chi connectivity index (χ3n) is 3.51. The maximum atomic E-state index is 12.2. The number of carbonyl (C=O) groups is 2. The number of hydrogen-bond donors (Lipinski definition) is 2. The van der Waals surface area contributed by atoms with Crippen LogP contribution in [0, 0.1) is 0 Å². The lowest BCUT2D eigenvalue weighted by Crippen LogP contribution is -2.34. The number of fused-ring (bicyclic) bond motifs is 1. The highest BCUT2D eigenvalue weighted by Gasteiger charge is 2.23. The molecule has 8 heteroatoms. The molecule has 0 saturated carbocycles. The van der Waals surface area contributed by atoms with Gasteiger partial charge in [-0.2, -0.15) is 8.78 Å². The summed E-state index contributed by atoms with van der Waals surface area (Å²) < 4.78 is 33.9. The fraction of sp³-hybridized carbons (Fsp3) is 0.176. The van der Waals surface area contributed by atoms with E-state index in [1.807, 2.05) is 0 Å². The first-order valence-electron chi connectivity index (χ1n) is 7.40. The monoisotopic (exact) mass is 348 g/mol. The maximum Gasteiger partial charge on any atom is 0.387 e. The van der Waals surface area contributed by atoms with Gasteiger partial charge in [-0.1, -0.05) is 0 Å². The van der Waals surface area contributed by atoms with E-state index < -0.39 is 18.6 Å². The molecular weight excluding hydrogens is 334 g/mol. The lowest BCUT2D eigenvalue weighted by atomic mass is 10.1. The molecule has 0 fully saturated rings. The van der Waals surface area contributed by atoms with Gasteiger partial charge in [0.05, 0.1) is 5.69 Å². The third-order valence-corrected chi connectivity index (χ3v) is 3.51. The van der Waals surface area contributed by atoms with Gasteiger partial charge >= 0.3 is 6.61 Å². The van der Waals surface area contributed by atoms with E-state index in [9.17, 15) is 18.4 Å². The summed E-state index contributed by atoms with van der Waals surface area (Å²) in [4.78, 5) is 23.8. The largest absolute Gasteiger partial charge is 0.479 e. The first-order chi connectivity index (χ1) is 11.9. The van der Waals surface area contributed by atoms with Crippen LogP contribution in [0.5, 0.6) is 11.5 Å². The summed E-state index contributed by atoms with van der Waals surface area (Å²) >= 11 is 0. The van der Waals surface area contributed by atoms with E-state index in [0.29, 0.717) is 17.1 Å². The molecule has 130 valence electrons. The second-order valence-electron chi connectivity index (χ2n) is 5.32. The molecule has 25 heavy (non-hydrogen) atoms. The summed E-state index contributed by atoms with van der Waals surface area (Å²) in [7, 11) is 0. The fourth-order valence-electron chi connectivity index (χ4n) is 2.28. The van der Waals surface area contributed by atoms with Crippen LogP contribution in [0.1, 0.15) is 17.3 Å². The normalized spacial score (nSPS) is 15.8. The Kier molecular flexibility index (Phi) is 4.51. The maximum absolute atomic E-state index is 12.2.